The van der Waals surface area contributed by atoms with Crippen LogP contribution in [0.5, 0.6) is 0 Å². The third kappa shape index (κ3) is 2.14. The quantitative estimate of drug-likeness (QED) is 0.829. The Kier molecular flexibility index (Phi) is 3.05. The lowest BCUT2D eigenvalue weighted by atomic mass is 10.3. The fourth-order valence-corrected chi connectivity index (χ4v) is 2.22. The summed E-state index contributed by atoms with van der Waals surface area (Å²) < 4.78 is 10.3. The van der Waals surface area contributed by atoms with Crippen molar-refractivity contribution < 1.29 is 18.7 Å². The Morgan fingerprint density at radius 1 is 1.38 bits per heavy atom. The van der Waals surface area contributed by atoms with Crippen molar-refractivity contribution in [1.82, 2.24) is 0 Å². The summed E-state index contributed by atoms with van der Waals surface area (Å²) in [6.45, 7) is 1.86. The molecule has 16 heavy (non-hydrogen) atoms. The predicted octanol–water partition coefficient (Wildman–Crippen LogP) is 3.17. The van der Waals surface area contributed by atoms with Gasteiger partial charge in [-0.2, -0.15) is 0 Å². The van der Waals surface area contributed by atoms with Gasteiger partial charge >= 0.3 is 5.97 Å². The number of carbonyl (C=O) groups is 1. The maximum absolute atomic E-state index is 10.8. The molecule has 0 aromatic carbocycles. The summed E-state index contributed by atoms with van der Waals surface area (Å²) in [5, 5.41) is 8.88. The van der Waals surface area contributed by atoms with Gasteiger partial charge in [-0.15, -0.1) is 11.8 Å². The molecule has 0 spiro atoms. The number of hydrogen-bond acceptors (Lipinski definition) is 4. The fraction of sp³-hybridized carbons (Fsp3) is 0.182. The molecule has 0 fully saturated rings. The van der Waals surface area contributed by atoms with E-state index < -0.39 is 5.97 Å². The van der Waals surface area contributed by atoms with E-state index in [1.165, 1.54) is 24.1 Å². The number of hydrogen-bond donors (Lipinski definition) is 1. The zero-order chi connectivity index (χ0) is 11.5. The van der Waals surface area contributed by atoms with Crippen LogP contribution in [0.3, 0.4) is 0 Å². The Hall–Kier alpha value is -1.62. The normalized spacial score (nSPS) is 10.6. The summed E-state index contributed by atoms with van der Waals surface area (Å²) in [7, 11) is 0. The molecule has 2 aromatic rings. The van der Waals surface area contributed by atoms with Crippen molar-refractivity contribution in [2.24, 2.45) is 0 Å². The third-order valence-corrected chi connectivity index (χ3v) is 3.29. The molecule has 0 atom stereocenters. The summed E-state index contributed by atoms with van der Waals surface area (Å²) in [5.74, 6) is 0.814. The molecule has 0 saturated heterocycles. The number of carboxylic acid groups (broad SMARTS) is 1. The van der Waals surface area contributed by atoms with Gasteiger partial charge in [0, 0.05) is 4.90 Å². The monoisotopic (exact) mass is 238 g/mol. The van der Waals surface area contributed by atoms with Gasteiger partial charge in [-0.05, 0) is 19.1 Å². The van der Waals surface area contributed by atoms with Crippen LogP contribution in [0.4, 0.5) is 0 Å². The van der Waals surface area contributed by atoms with Crippen LogP contribution in [0.2, 0.25) is 0 Å². The number of carboxylic acids is 1. The average molecular weight is 238 g/mol. The maximum atomic E-state index is 10.8. The van der Waals surface area contributed by atoms with E-state index in [1.807, 2.05) is 13.0 Å². The lowest BCUT2D eigenvalue weighted by Crippen LogP contribution is -1.97. The third-order valence-electron chi connectivity index (χ3n) is 2.15. The number of aryl methyl sites for hydroxylation is 1. The summed E-state index contributed by atoms with van der Waals surface area (Å²) >= 11 is 1.49. The van der Waals surface area contributed by atoms with E-state index in [4.69, 9.17) is 13.9 Å². The first-order valence-corrected chi connectivity index (χ1v) is 5.63. The van der Waals surface area contributed by atoms with Crippen LogP contribution in [0, 0.1) is 6.92 Å². The van der Waals surface area contributed by atoms with Crippen LogP contribution in [-0.2, 0) is 5.75 Å². The largest absolute Gasteiger partial charge is 0.478 e. The molecule has 5 heteroatoms. The van der Waals surface area contributed by atoms with Gasteiger partial charge < -0.3 is 13.9 Å². The second-order valence-corrected chi connectivity index (χ2v) is 4.21. The van der Waals surface area contributed by atoms with Crippen molar-refractivity contribution in [3.05, 3.63) is 41.7 Å². The average Bonchev–Trinajstić information content (AvgIpc) is 2.83. The van der Waals surface area contributed by atoms with Crippen LogP contribution < -0.4 is 0 Å². The standard InChI is InChI=1S/C11H10O4S/c1-7-10(3-5-14-7)16-6-9-8(11(12)13)2-4-15-9/h2-5H,6H2,1H3,(H,12,13). The molecule has 84 valence electrons. The molecule has 0 saturated carbocycles. The van der Waals surface area contributed by atoms with E-state index in [1.54, 1.807) is 6.26 Å². The van der Waals surface area contributed by atoms with E-state index in [-0.39, 0.29) is 5.56 Å². The number of rotatable bonds is 4. The number of furan rings is 2. The first-order chi connectivity index (χ1) is 7.68. The Morgan fingerprint density at radius 3 is 2.75 bits per heavy atom. The van der Waals surface area contributed by atoms with Gasteiger partial charge in [-0.25, -0.2) is 4.79 Å². The second-order valence-electron chi connectivity index (χ2n) is 3.19. The molecule has 4 nitrogen and oxygen atoms in total. The Bertz CT molecular complexity index is 498. The molecule has 0 aliphatic heterocycles. The summed E-state index contributed by atoms with van der Waals surface area (Å²) in [5.41, 5.74) is 0.216. The fourth-order valence-electron chi connectivity index (χ4n) is 1.31. The SMILES string of the molecule is Cc1occc1SCc1occc1C(=O)O. The molecule has 0 bridgehead atoms. The molecule has 1 N–H and O–H groups in total. The first-order valence-electron chi connectivity index (χ1n) is 4.65. The van der Waals surface area contributed by atoms with Gasteiger partial charge in [-0.3, -0.25) is 0 Å². The summed E-state index contributed by atoms with van der Waals surface area (Å²) in [6, 6.07) is 3.31. The molecule has 0 unspecified atom stereocenters. The van der Waals surface area contributed by atoms with E-state index >= 15 is 0 Å². The smallest absolute Gasteiger partial charge is 0.339 e. The van der Waals surface area contributed by atoms with Crippen molar-refractivity contribution in [2.45, 2.75) is 17.6 Å². The molecule has 2 heterocycles. The predicted molar refractivity (Wildman–Crippen MR) is 58.7 cm³/mol. The van der Waals surface area contributed by atoms with Crippen LogP contribution in [0.25, 0.3) is 0 Å². The molecule has 0 aliphatic rings. The highest BCUT2D eigenvalue weighted by Gasteiger charge is 2.14. The molecule has 0 radical (unpaired) electrons. The summed E-state index contributed by atoms with van der Waals surface area (Å²) in [4.78, 5) is 11.8. The molecule has 2 rings (SSSR count). The van der Waals surface area contributed by atoms with E-state index in [0.29, 0.717) is 11.5 Å². The minimum atomic E-state index is -0.965. The van der Waals surface area contributed by atoms with Crippen molar-refractivity contribution in [2.75, 3.05) is 0 Å². The van der Waals surface area contributed by atoms with Gasteiger partial charge in [0.05, 0.1) is 18.3 Å². The van der Waals surface area contributed by atoms with Crippen molar-refractivity contribution in [1.29, 1.82) is 0 Å². The number of thioether (sulfide) groups is 1. The van der Waals surface area contributed by atoms with Gasteiger partial charge in [0.15, 0.2) is 0 Å². The molecule has 0 aliphatic carbocycles. The zero-order valence-electron chi connectivity index (χ0n) is 8.60. The van der Waals surface area contributed by atoms with Crippen molar-refractivity contribution in [3.63, 3.8) is 0 Å². The lowest BCUT2D eigenvalue weighted by Gasteiger charge is -1.98. The highest BCUT2D eigenvalue weighted by Crippen LogP contribution is 2.28. The molecular formula is C11H10O4S. The Morgan fingerprint density at radius 2 is 2.12 bits per heavy atom. The van der Waals surface area contributed by atoms with Crippen molar-refractivity contribution in [3.8, 4) is 0 Å². The Labute approximate surface area is 96.3 Å². The highest BCUT2D eigenvalue weighted by atomic mass is 32.2. The maximum Gasteiger partial charge on any atom is 0.339 e. The van der Waals surface area contributed by atoms with Gasteiger partial charge in [0.1, 0.15) is 17.1 Å². The van der Waals surface area contributed by atoms with E-state index in [0.717, 1.165) is 10.7 Å². The molecular weight excluding hydrogens is 228 g/mol. The van der Waals surface area contributed by atoms with Gasteiger partial charge in [0.25, 0.3) is 0 Å². The Balaban J connectivity index is 2.08. The molecule has 2 aromatic heterocycles. The van der Waals surface area contributed by atoms with Crippen molar-refractivity contribution >= 4 is 17.7 Å². The van der Waals surface area contributed by atoms with Crippen LogP contribution in [0.15, 0.2) is 38.4 Å². The minimum absolute atomic E-state index is 0.216. The number of aromatic carboxylic acids is 1. The van der Waals surface area contributed by atoms with Gasteiger partial charge in [0.2, 0.25) is 0 Å². The topological polar surface area (TPSA) is 63.6 Å². The first kappa shape index (κ1) is 10.9. The van der Waals surface area contributed by atoms with E-state index in [2.05, 4.69) is 0 Å². The second kappa shape index (κ2) is 4.49. The zero-order valence-corrected chi connectivity index (χ0v) is 9.41. The summed E-state index contributed by atoms with van der Waals surface area (Å²) in [6.07, 6.45) is 3.00. The highest BCUT2D eigenvalue weighted by molar-refractivity contribution is 7.98. The van der Waals surface area contributed by atoms with Crippen LogP contribution in [0.1, 0.15) is 21.9 Å². The van der Waals surface area contributed by atoms with Gasteiger partial charge in [-0.1, -0.05) is 0 Å². The van der Waals surface area contributed by atoms with E-state index in [9.17, 15) is 4.79 Å². The molecule has 0 amide bonds. The lowest BCUT2D eigenvalue weighted by molar-refractivity contribution is 0.0695. The van der Waals surface area contributed by atoms with Crippen LogP contribution in [-0.4, -0.2) is 11.1 Å². The van der Waals surface area contributed by atoms with Crippen LogP contribution >= 0.6 is 11.8 Å². The minimum Gasteiger partial charge on any atom is -0.478 e.